The predicted octanol–water partition coefficient (Wildman–Crippen LogP) is 2.42. The number of rotatable bonds is 2. The van der Waals surface area contributed by atoms with Crippen molar-refractivity contribution in [3.8, 4) is 12.3 Å². The van der Waals surface area contributed by atoms with Crippen LogP contribution >= 0.6 is 0 Å². The second-order valence-electron chi connectivity index (χ2n) is 5.82. The lowest BCUT2D eigenvalue weighted by Gasteiger charge is -2.33. The fourth-order valence-corrected chi connectivity index (χ4v) is 4.63. The minimum Gasteiger partial charge on any atom is -0.301 e. The summed E-state index contributed by atoms with van der Waals surface area (Å²) < 4.78 is 0. The Hall–Kier alpha value is -0.480. The van der Waals surface area contributed by atoms with Gasteiger partial charge in [0.2, 0.25) is 0 Å². The molecule has 0 aromatic rings. The highest BCUT2D eigenvalue weighted by Crippen LogP contribution is 2.58. The van der Waals surface area contributed by atoms with Crippen molar-refractivity contribution in [1.82, 2.24) is 5.32 Å². The van der Waals surface area contributed by atoms with Crippen LogP contribution in [-0.2, 0) is 0 Å². The van der Waals surface area contributed by atoms with E-state index in [1.54, 1.807) is 0 Å². The van der Waals surface area contributed by atoms with Crippen LogP contribution in [0.4, 0.5) is 0 Å². The first-order valence-electron chi connectivity index (χ1n) is 6.51. The van der Waals surface area contributed by atoms with Gasteiger partial charge in [0, 0.05) is 6.04 Å². The molecule has 3 aliphatic carbocycles. The highest BCUT2D eigenvalue weighted by atomic mass is 15.0. The van der Waals surface area contributed by atoms with Crippen LogP contribution in [0.2, 0.25) is 0 Å². The zero-order chi connectivity index (χ0) is 10.4. The Labute approximate surface area is 93.0 Å². The third-order valence-corrected chi connectivity index (χ3v) is 5.14. The number of hydrogen-bond donors (Lipinski definition) is 1. The molecule has 0 aromatic carbocycles. The first-order valence-corrected chi connectivity index (χ1v) is 6.51. The molecular weight excluding hydrogens is 182 g/mol. The second kappa shape index (κ2) is 3.52. The lowest BCUT2D eigenvalue weighted by Crippen LogP contribution is -2.43. The Bertz CT molecular complexity index is 290. The van der Waals surface area contributed by atoms with Gasteiger partial charge >= 0.3 is 0 Å². The summed E-state index contributed by atoms with van der Waals surface area (Å²) in [6.07, 6.45) is 12.8. The Morgan fingerprint density at radius 2 is 2.00 bits per heavy atom. The van der Waals surface area contributed by atoms with Gasteiger partial charge < -0.3 is 5.32 Å². The fraction of sp³-hybridized carbons (Fsp3) is 0.857. The third kappa shape index (κ3) is 1.42. The maximum absolute atomic E-state index is 5.44. The van der Waals surface area contributed by atoms with Crippen LogP contribution in [0.25, 0.3) is 0 Å². The summed E-state index contributed by atoms with van der Waals surface area (Å²) in [6.45, 7) is 2.11. The first kappa shape index (κ1) is 9.73. The summed E-state index contributed by atoms with van der Waals surface area (Å²) in [4.78, 5) is 0. The van der Waals surface area contributed by atoms with Gasteiger partial charge in [0.15, 0.2) is 0 Å². The molecule has 3 rings (SSSR count). The van der Waals surface area contributed by atoms with E-state index in [0.29, 0.717) is 0 Å². The molecule has 0 radical (unpaired) electrons. The summed E-state index contributed by atoms with van der Waals surface area (Å²) in [5, 5.41) is 3.64. The molecule has 82 valence electrons. The van der Waals surface area contributed by atoms with Crippen molar-refractivity contribution in [2.75, 3.05) is 0 Å². The minimum atomic E-state index is 0.259. The topological polar surface area (TPSA) is 12.0 Å². The number of hydrogen-bond acceptors (Lipinski definition) is 1. The molecule has 0 saturated heterocycles. The predicted molar refractivity (Wildman–Crippen MR) is 62.3 cm³/mol. The van der Waals surface area contributed by atoms with E-state index in [1.807, 2.05) is 0 Å². The largest absolute Gasteiger partial charge is 0.301 e. The number of terminal acetylenes is 1. The van der Waals surface area contributed by atoms with Crippen LogP contribution in [0.5, 0.6) is 0 Å². The van der Waals surface area contributed by atoms with Crippen LogP contribution < -0.4 is 5.32 Å². The maximum atomic E-state index is 5.44. The standard InChI is InChI=1S/C14H21N/c1-3-9(2)15-14-8-10-7-13(14)12-6-4-5-11(10)12/h1,9-15H,4-8H2,2H3. The van der Waals surface area contributed by atoms with E-state index >= 15 is 0 Å². The molecule has 0 spiro atoms. The molecule has 0 heterocycles. The second-order valence-corrected chi connectivity index (χ2v) is 5.82. The van der Waals surface area contributed by atoms with Crippen molar-refractivity contribution in [3.63, 3.8) is 0 Å². The molecule has 6 atom stereocenters. The van der Waals surface area contributed by atoms with Crippen molar-refractivity contribution >= 4 is 0 Å². The lowest BCUT2D eigenvalue weighted by atomic mass is 9.79. The van der Waals surface area contributed by atoms with E-state index in [4.69, 9.17) is 6.42 Å². The van der Waals surface area contributed by atoms with Crippen LogP contribution in [0.1, 0.15) is 39.0 Å². The summed E-state index contributed by atoms with van der Waals surface area (Å²) >= 11 is 0. The highest BCUT2D eigenvalue weighted by molar-refractivity contribution is 5.08. The van der Waals surface area contributed by atoms with Gasteiger partial charge in [-0.05, 0) is 56.3 Å². The van der Waals surface area contributed by atoms with E-state index in [-0.39, 0.29) is 6.04 Å². The number of nitrogens with one attached hydrogen (secondary N) is 1. The van der Waals surface area contributed by atoms with Crippen molar-refractivity contribution in [2.45, 2.75) is 51.1 Å². The molecule has 2 bridgehead atoms. The quantitative estimate of drug-likeness (QED) is 0.680. The summed E-state index contributed by atoms with van der Waals surface area (Å²) in [5.41, 5.74) is 0. The summed E-state index contributed by atoms with van der Waals surface area (Å²) in [7, 11) is 0. The number of fused-ring (bicyclic) bond motifs is 5. The molecule has 3 aliphatic rings. The average molecular weight is 203 g/mol. The average Bonchev–Trinajstić information content (AvgIpc) is 2.87. The minimum absolute atomic E-state index is 0.259. The van der Waals surface area contributed by atoms with Crippen molar-refractivity contribution in [3.05, 3.63) is 0 Å². The summed E-state index contributed by atoms with van der Waals surface area (Å²) in [5.74, 6) is 6.93. The van der Waals surface area contributed by atoms with E-state index in [0.717, 1.165) is 29.7 Å². The van der Waals surface area contributed by atoms with E-state index in [2.05, 4.69) is 18.2 Å². The Balaban J connectivity index is 1.68. The molecule has 1 N–H and O–H groups in total. The van der Waals surface area contributed by atoms with E-state index in [1.165, 1.54) is 32.1 Å². The van der Waals surface area contributed by atoms with Crippen LogP contribution in [-0.4, -0.2) is 12.1 Å². The van der Waals surface area contributed by atoms with Gasteiger partial charge in [-0.1, -0.05) is 12.3 Å². The molecule has 0 aliphatic heterocycles. The SMILES string of the molecule is C#CC(C)NC1CC2CC1C1CCCC21. The van der Waals surface area contributed by atoms with Gasteiger partial charge in [0.25, 0.3) is 0 Å². The monoisotopic (exact) mass is 203 g/mol. The fourth-order valence-electron chi connectivity index (χ4n) is 4.63. The molecule has 1 nitrogen and oxygen atoms in total. The van der Waals surface area contributed by atoms with Crippen molar-refractivity contribution in [2.24, 2.45) is 23.7 Å². The van der Waals surface area contributed by atoms with Crippen molar-refractivity contribution < 1.29 is 0 Å². The highest BCUT2D eigenvalue weighted by Gasteiger charge is 2.53. The van der Waals surface area contributed by atoms with E-state index < -0.39 is 0 Å². The van der Waals surface area contributed by atoms with Gasteiger partial charge in [-0.2, -0.15) is 0 Å². The van der Waals surface area contributed by atoms with Gasteiger partial charge in [-0.15, -0.1) is 6.42 Å². The van der Waals surface area contributed by atoms with Crippen molar-refractivity contribution in [1.29, 1.82) is 0 Å². The zero-order valence-electron chi connectivity index (χ0n) is 9.58. The molecule has 3 fully saturated rings. The van der Waals surface area contributed by atoms with E-state index in [9.17, 15) is 0 Å². The molecule has 1 heteroatoms. The molecule has 3 saturated carbocycles. The van der Waals surface area contributed by atoms with Gasteiger partial charge in [0.1, 0.15) is 0 Å². The Morgan fingerprint density at radius 1 is 1.20 bits per heavy atom. The van der Waals surface area contributed by atoms with Crippen LogP contribution in [0, 0.1) is 36.0 Å². The molecule has 15 heavy (non-hydrogen) atoms. The van der Waals surface area contributed by atoms with Gasteiger partial charge in [-0.3, -0.25) is 0 Å². The lowest BCUT2D eigenvalue weighted by molar-refractivity contribution is 0.205. The first-order chi connectivity index (χ1) is 7.29. The Morgan fingerprint density at radius 3 is 2.80 bits per heavy atom. The Kier molecular flexibility index (Phi) is 2.29. The van der Waals surface area contributed by atoms with Gasteiger partial charge in [0.05, 0.1) is 6.04 Å². The van der Waals surface area contributed by atoms with Crippen LogP contribution in [0.3, 0.4) is 0 Å². The molecule has 0 amide bonds. The van der Waals surface area contributed by atoms with Gasteiger partial charge in [-0.25, -0.2) is 0 Å². The third-order valence-electron chi connectivity index (χ3n) is 5.14. The molecule has 0 aromatic heterocycles. The zero-order valence-corrected chi connectivity index (χ0v) is 9.58. The molecule has 6 unspecified atom stereocenters. The van der Waals surface area contributed by atoms with Crippen LogP contribution in [0.15, 0.2) is 0 Å². The molecular formula is C14H21N. The summed E-state index contributed by atoms with van der Waals surface area (Å²) in [6, 6.07) is 0.995. The normalized spacial score (nSPS) is 48.9. The smallest absolute Gasteiger partial charge is 0.0660 e. The maximum Gasteiger partial charge on any atom is 0.0660 e.